The summed E-state index contributed by atoms with van der Waals surface area (Å²) in [6.45, 7) is 5.00. The minimum atomic E-state index is 0.537. The SMILES string of the molecule is CC(c1ccc(C2CCOC2)c(CN(C)C)n1)C1CCS1. The van der Waals surface area contributed by atoms with E-state index in [1.54, 1.807) is 0 Å². The van der Waals surface area contributed by atoms with E-state index in [1.807, 2.05) is 0 Å². The molecule has 0 amide bonds. The molecule has 3 atom stereocenters. The van der Waals surface area contributed by atoms with Crippen molar-refractivity contribution in [2.45, 2.75) is 43.4 Å². The van der Waals surface area contributed by atoms with Gasteiger partial charge in [-0.15, -0.1) is 0 Å². The predicted octanol–water partition coefficient (Wildman–Crippen LogP) is 3.26. The summed E-state index contributed by atoms with van der Waals surface area (Å²) < 4.78 is 5.57. The summed E-state index contributed by atoms with van der Waals surface area (Å²) >= 11 is 2.09. The molecule has 2 saturated heterocycles. The molecule has 4 heteroatoms. The van der Waals surface area contributed by atoms with Gasteiger partial charge in [0.25, 0.3) is 0 Å². The molecule has 0 saturated carbocycles. The fourth-order valence-electron chi connectivity index (χ4n) is 3.20. The molecule has 3 heterocycles. The summed E-state index contributed by atoms with van der Waals surface area (Å²) in [5.74, 6) is 2.42. The maximum absolute atomic E-state index is 5.57. The van der Waals surface area contributed by atoms with Crippen LogP contribution in [0.15, 0.2) is 12.1 Å². The van der Waals surface area contributed by atoms with Crippen LogP contribution in [-0.2, 0) is 11.3 Å². The Morgan fingerprint density at radius 1 is 1.38 bits per heavy atom. The Labute approximate surface area is 132 Å². The Morgan fingerprint density at radius 3 is 2.76 bits per heavy atom. The molecular formula is C17H26N2OS. The molecular weight excluding hydrogens is 280 g/mol. The van der Waals surface area contributed by atoms with E-state index in [-0.39, 0.29) is 0 Å². The second-order valence-corrected chi connectivity index (χ2v) is 7.90. The topological polar surface area (TPSA) is 25.4 Å². The van der Waals surface area contributed by atoms with Crippen LogP contribution in [0.3, 0.4) is 0 Å². The summed E-state index contributed by atoms with van der Waals surface area (Å²) in [6, 6.07) is 4.58. The molecule has 1 aromatic heterocycles. The van der Waals surface area contributed by atoms with Crippen molar-refractivity contribution in [1.82, 2.24) is 9.88 Å². The highest BCUT2D eigenvalue weighted by Crippen LogP contribution is 2.39. The molecule has 3 unspecified atom stereocenters. The Morgan fingerprint density at radius 2 is 2.19 bits per heavy atom. The smallest absolute Gasteiger partial charge is 0.0582 e. The van der Waals surface area contributed by atoms with Gasteiger partial charge in [-0.25, -0.2) is 0 Å². The molecule has 2 aliphatic rings. The highest BCUT2D eigenvalue weighted by Gasteiger charge is 2.28. The van der Waals surface area contributed by atoms with Crippen LogP contribution < -0.4 is 0 Å². The second-order valence-electron chi connectivity index (χ2n) is 6.56. The largest absolute Gasteiger partial charge is 0.381 e. The molecule has 0 aliphatic carbocycles. The highest BCUT2D eigenvalue weighted by atomic mass is 32.2. The minimum absolute atomic E-state index is 0.537. The lowest BCUT2D eigenvalue weighted by Gasteiger charge is -2.31. The van der Waals surface area contributed by atoms with Crippen LogP contribution >= 0.6 is 11.8 Å². The average Bonchev–Trinajstić information content (AvgIpc) is 2.89. The monoisotopic (exact) mass is 306 g/mol. The molecule has 0 spiro atoms. The van der Waals surface area contributed by atoms with E-state index < -0.39 is 0 Å². The number of ether oxygens (including phenoxy) is 1. The minimum Gasteiger partial charge on any atom is -0.381 e. The van der Waals surface area contributed by atoms with E-state index in [1.165, 1.54) is 29.1 Å². The van der Waals surface area contributed by atoms with Crippen molar-refractivity contribution in [2.24, 2.45) is 0 Å². The van der Waals surface area contributed by atoms with Gasteiger partial charge in [0.2, 0.25) is 0 Å². The number of aromatic nitrogens is 1. The Bertz CT molecular complexity index is 482. The van der Waals surface area contributed by atoms with Crippen LogP contribution in [0.25, 0.3) is 0 Å². The van der Waals surface area contributed by atoms with Crippen LogP contribution in [-0.4, -0.2) is 48.2 Å². The molecule has 2 aliphatic heterocycles. The van der Waals surface area contributed by atoms with Gasteiger partial charge < -0.3 is 9.64 Å². The molecule has 0 radical (unpaired) electrons. The Hall–Kier alpha value is -0.580. The molecule has 1 aromatic rings. The van der Waals surface area contributed by atoms with Crippen molar-refractivity contribution in [1.29, 1.82) is 0 Å². The standard InChI is InChI=1S/C17H26N2OS/c1-12(17-7-9-21-17)15-5-4-14(13-6-8-20-11-13)16(18-15)10-19(2)3/h4-5,12-13,17H,6-11H2,1-3H3. The summed E-state index contributed by atoms with van der Waals surface area (Å²) in [7, 11) is 4.24. The van der Waals surface area contributed by atoms with Gasteiger partial charge in [0.15, 0.2) is 0 Å². The second kappa shape index (κ2) is 6.67. The van der Waals surface area contributed by atoms with Crippen LogP contribution in [0.5, 0.6) is 0 Å². The van der Waals surface area contributed by atoms with Crippen molar-refractivity contribution in [2.75, 3.05) is 33.1 Å². The zero-order chi connectivity index (χ0) is 14.8. The fourth-order valence-corrected chi connectivity index (χ4v) is 4.13. The first-order valence-corrected chi connectivity index (χ1v) is 9.04. The summed E-state index contributed by atoms with van der Waals surface area (Å²) in [6.07, 6.45) is 2.48. The third-order valence-electron chi connectivity index (χ3n) is 4.62. The lowest BCUT2D eigenvalue weighted by molar-refractivity contribution is 0.193. The summed E-state index contributed by atoms with van der Waals surface area (Å²) in [5, 5.41) is 0.769. The number of thioether (sulfide) groups is 1. The summed E-state index contributed by atoms with van der Waals surface area (Å²) in [5.41, 5.74) is 3.93. The van der Waals surface area contributed by atoms with Crippen molar-refractivity contribution >= 4 is 11.8 Å². The Kier molecular flexibility index (Phi) is 4.87. The van der Waals surface area contributed by atoms with E-state index in [2.05, 4.69) is 49.8 Å². The van der Waals surface area contributed by atoms with Crippen LogP contribution in [0.2, 0.25) is 0 Å². The van der Waals surface area contributed by atoms with Crippen molar-refractivity contribution in [3.63, 3.8) is 0 Å². The van der Waals surface area contributed by atoms with Crippen LogP contribution in [0.4, 0.5) is 0 Å². The molecule has 2 fully saturated rings. The van der Waals surface area contributed by atoms with Gasteiger partial charge >= 0.3 is 0 Å². The number of nitrogens with zero attached hydrogens (tertiary/aromatic N) is 2. The number of hydrogen-bond donors (Lipinski definition) is 0. The summed E-state index contributed by atoms with van der Waals surface area (Å²) in [4.78, 5) is 7.27. The molecule has 21 heavy (non-hydrogen) atoms. The van der Waals surface area contributed by atoms with Crippen LogP contribution in [0.1, 0.15) is 48.6 Å². The zero-order valence-electron chi connectivity index (χ0n) is 13.3. The average molecular weight is 306 g/mol. The Balaban J connectivity index is 1.86. The molecule has 3 nitrogen and oxygen atoms in total. The first kappa shape index (κ1) is 15.3. The van der Waals surface area contributed by atoms with Gasteiger partial charge in [0.05, 0.1) is 12.3 Å². The van der Waals surface area contributed by atoms with Crippen molar-refractivity contribution in [3.05, 3.63) is 29.1 Å². The predicted molar refractivity (Wildman–Crippen MR) is 89.1 cm³/mol. The van der Waals surface area contributed by atoms with Crippen molar-refractivity contribution in [3.8, 4) is 0 Å². The third-order valence-corrected chi connectivity index (χ3v) is 6.17. The maximum Gasteiger partial charge on any atom is 0.0582 e. The number of pyridine rings is 1. The van der Waals surface area contributed by atoms with Gasteiger partial charge in [0.1, 0.15) is 0 Å². The normalized spacial score (nSPS) is 26.9. The van der Waals surface area contributed by atoms with Crippen molar-refractivity contribution < 1.29 is 4.74 Å². The highest BCUT2D eigenvalue weighted by molar-refractivity contribution is 8.01. The van der Waals surface area contributed by atoms with E-state index >= 15 is 0 Å². The van der Waals surface area contributed by atoms with Gasteiger partial charge in [-0.05, 0) is 44.3 Å². The number of rotatable bonds is 5. The van der Waals surface area contributed by atoms with Gasteiger partial charge in [-0.1, -0.05) is 13.0 Å². The van der Waals surface area contributed by atoms with E-state index in [0.717, 1.165) is 31.4 Å². The van der Waals surface area contributed by atoms with E-state index in [0.29, 0.717) is 11.8 Å². The van der Waals surface area contributed by atoms with E-state index in [4.69, 9.17) is 9.72 Å². The van der Waals surface area contributed by atoms with Gasteiger partial charge in [-0.2, -0.15) is 11.8 Å². The molecule has 0 bridgehead atoms. The first-order chi connectivity index (χ1) is 10.1. The molecule has 0 N–H and O–H groups in total. The van der Waals surface area contributed by atoms with Crippen LogP contribution in [0, 0.1) is 0 Å². The number of hydrogen-bond acceptors (Lipinski definition) is 4. The molecule has 116 valence electrons. The van der Waals surface area contributed by atoms with E-state index in [9.17, 15) is 0 Å². The van der Waals surface area contributed by atoms with Gasteiger partial charge in [0, 0.05) is 35.9 Å². The lowest BCUT2D eigenvalue weighted by atomic mass is 9.93. The third kappa shape index (κ3) is 3.43. The fraction of sp³-hybridized carbons (Fsp3) is 0.706. The lowest BCUT2D eigenvalue weighted by Crippen LogP contribution is -2.24. The quantitative estimate of drug-likeness (QED) is 0.834. The zero-order valence-corrected chi connectivity index (χ0v) is 14.2. The van der Waals surface area contributed by atoms with Gasteiger partial charge in [-0.3, -0.25) is 4.98 Å². The molecule has 0 aromatic carbocycles. The first-order valence-electron chi connectivity index (χ1n) is 7.99. The molecule has 3 rings (SSSR count). The maximum atomic E-state index is 5.57.